The lowest BCUT2D eigenvalue weighted by molar-refractivity contribution is -0.139. The Bertz CT molecular complexity index is 753. The highest BCUT2D eigenvalue weighted by molar-refractivity contribution is 5.84. The van der Waals surface area contributed by atoms with Crippen molar-refractivity contribution in [3.63, 3.8) is 0 Å². The predicted molar refractivity (Wildman–Crippen MR) is 98.0 cm³/mol. The second kappa shape index (κ2) is 9.17. The molecule has 0 N–H and O–H groups in total. The minimum Gasteiger partial charge on any atom is -0.461 e. The molecular weight excluding hydrogens is 335 g/mol. The highest BCUT2D eigenvalue weighted by Crippen LogP contribution is 2.25. The van der Waals surface area contributed by atoms with Crippen LogP contribution in [0.2, 0.25) is 0 Å². The first-order chi connectivity index (χ1) is 12.5. The quantitative estimate of drug-likeness (QED) is 0.725. The molecule has 0 saturated heterocycles. The number of aryl methyl sites for hydroxylation is 1. The number of likely N-dealkylation sites (N-methyl/N-ethyl adjacent to an activating group) is 2. The minimum absolute atomic E-state index is 0.0642. The standard InChI is InChI=1S/C20H25FN2O3/c1-4-23(5-2)20(25)14-22(3)19(24)13-11-15-10-12-18(26-15)16-8-6-7-9-17(16)21/h6-10,12H,4-5,11,13-14H2,1-3H3. The second-order valence-corrected chi connectivity index (χ2v) is 6.06. The summed E-state index contributed by atoms with van der Waals surface area (Å²) in [6, 6.07) is 9.84. The molecule has 1 aromatic heterocycles. The highest BCUT2D eigenvalue weighted by Gasteiger charge is 2.17. The van der Waals surface area contributed by atoms with E-state index >= 15 is 0 Å². The van der Waals surface area contributed by atoms with Crippen LogP contribution in [0.15, 0.2) is 40.8 Å². The summed E-state index contributed by atoms with van der Waals surface area (Å²) in [5.41, 5.74) is 0.395. The van der Waals surface area contributed by atoms with Gasteiger partial charge in [0.25, 0.3) is 0 Å². The van der Waals surface area contributed by atoms with Gasteiger partial charge in [-0.3, -0.25) is 9.59 Å². The zero-order chi connectivity index (χ0) is 19.1. The number of halogens is 1. The summed E-state index contributed by atoms with van der Waals surface area (Å²) in [5.74, 6) is 0.509. The summed E-state index contributed by atoms with van der Waals surface area (Å²) in [6.45, 7) is 5.14. The Morgan fingerprint density at radius 2 is 1.73 bits per heavy atom. The molecule has 0 spiro atoms. The van der Waals surface area contributed by atoms with Crippen molar-refractivity contribution in [2.75, 3.05) is 26.7 Å². The number of hydrogen-bond acceptors (Lipinski definition) is 3. The van der Waals surface area contributed by atoms with Gasteiger partial charge in [0.2, 0.25) is 11.8 Å². The summed E-state index contributed by atoms with van der Waals surface area (Å²) in [4.78, 5) is 27.4. The number of furan rings is 1. The Hall–Kier alpha value is -2.63. The SMILES string of the molecule is CCN(CC)C(=O)CN(C)C(=O)CCc1ccc(-c2ccccc2F)o1. The van der Waals surface area contributed by atoms with E-state index in [-0.39, 0.29) is 30.6 Å². The van der Waals surface area contributed by atoms with Gasteiger partial charge in [-0.15, -0.1) is 0 Å². The fraction of sp³-hybridized carbons (Fsp3) is 0.400. The second-order valence-electron chi connectivity index (χ2n) is 6.06. The van der Waals surface area contributed by atoms with E-state index < -0.39 is 0 Å². The molecule has 0 bridgehead atoms. The molecule has 0 fully saturated rings. The molecule has 5 nitrogen and oxygen atoms in total. The fourth-order valence-corrected chi connectivity index (χ4v) is 2.71. The van der Waals surface area contributed by atoms with Gasteiger partial charge in [-0.2, -0.15) is 0 Å². The van der Waals surface area contributed by atoms with Crippen LogP contribution in [0.1, 0.15) is 26.0 Å². The molecule has 2 amide bonds. The maximum atomic E-state index is 13.8. The molecule has 1 heterocycles. The Balaban J connectivity index is 1.90. The van der Waals surface area contributed by atoms with E-state index in [4.69, 9.17) is 4.42 Å². The van der Waals surface area contributed by atoms with Gasteiger partial charge in [-0.05, 0) is 38.1 Å². The zero-order valence-corrected chi connectivity index (χ0v) is 15.5. The number of amides is 2. The molecule has 2 aromatic rings. The van der Waals surface area contributed by atoms with Crippen LogP contribution in [0, 0.1) is 5.82 Å². The molecule has 26 heavy (non-hydrogen) atoms. The molecule has 0 aliphatic heterocycles. The number of carbonyl (C=O) groups is 2. The van der Waals surface area contributed by atoms with Gasteiger partial charge in [0.1, 0.15) is 17.3 Å². The van der Waals surface area contributed by atoms with E-state index in [0.717, 1.165) is 0 Å². The van der Waals surface area contributed by atoms with Crippen molar-refractivity contribution in [2.45, 2.75) is 26.7 Å². The van der Waals surface area contributed by atoms with Crippen molar-refractivity contribution >= 4 is 11.8 Å². The maximum absolute atomic E-state index is 13.8. The van der Waals surface area contributed by atoms with E-state index in [2.05, 4.69) is 0 Å². The lowest BCUT2D eigenvalue weighted by Crippen LogP contribution is -2.41. The summed E-state index contributed by atoms with van der Waals surface area (Å²) in [6.07, 6.45) is 0.628. The molecule has 0 aliphatic rings. The fourth-order valence-electron chi connectivity index (χ4n) is 2.71. The lowest BCUT2D eigenvalue weighted by Gasteiger charge is -2.23. The summed E-state index contributed by atoms with van der Waals surface area (Å²) < 4.78 is 19.4. The topological polar surface area (TPSA) is 53.8 Å². The van der Waals surface area contributed by atoms with Crippen LogP contribution < -0.4 is 0 Å². The lowest BCUT2D eigenvalue weighted by atomic mass is 10.1. The molecule has 0 unspecified atom stereocenters. The summed E-state index contributed by atoms with van der Waals surface area (Å²) in [5, 5.41) is 0. The van der Waals surface area contributed by atoms with Crippen LogP contribution in [0.3, 0.4) is 0 Å². The van der Waals surface area contributed by atoms with Crippen LogP contribution in [0.25, 0.3) is 11.3 Å². The predicted octanol–water partition coefficient (Wildman–Crippen LogP) is 3.35. The number of hydrogen-bond donors (Lipinski definition) is 0. The van der Waals surface area contributed by atoms with Gasteiger partial charge in [-0.25, -0.2) is 4.39 Å². The third-order valence-corrected chi connectivity index (χ3v) is 4.30. The molecule has 0 radical (unpaired) electrons. The summed E-state index contributed by atoms with van der Waals surface area (Å²) in [7, 11) is 1.62. The van der Waals surface area contributed by atoms with Gasteiger partial charge in [0.05, 0.1) is 12.1 Å². The largest absolute Gasteiger partial charge is 0.461 e. The average Bonchev–Trinajstić information content (AvgIpc) is 3.09. The van der Waals surface area contributed by atoms with Gasteiger partial charge in [0, 0.05) is 33.0 Å². The first kappa shape index (κ1) is 19.7. The zero-order valence-electron chi connectivity index (χ0n) is 15.5. The first-order valence-corrected chi connectivity index (χ1v) is 8.81. The number of nitrogens with zero attached hydrogens (tertiary/aromatic N) is 2. The third-order valence-electron chi connectivity index (χ3n) is 4.30. The van der Waals surface area contributed by atoms with Gasteiger partial charge >= 0.3 is 0 Å². The van der Waals surface area contributed by atoms with Crippen molar-refractivity contribution < 1.29 is 18.4 Å². The minimum atomic E-state index is -0.348. The van der Waals surface area contributed by atoms with Gasteiger partial charge in [0.15, 0.2) is 0 Å². The maximum Gasteiger partial charge on any atom is 0.242 e. The van der Waals surface area contributed by atoms with Crippen molar-refractivity contribution in [3.8, 4) is 11.3 Å². The van der Waals surface area contributed by atoms with Gasteiger partial charge < -0.3 is 14.2 Å². The molecular formula is C20H25FN2O3. The monoisotopic (exact) mass is 360 g/mol. The molecule has 1 aromatic carbocycles. The van der Waals surface area contributed by atoms with Crippen LogP contribution in [0.5, 0.6) is 0 Å². The number of carbonyl (C=O) groups excluding carboxylic acids is 2. The first-order valence-electron chi connectivity index (χ1n) is 8.81. The van der Waals surface area contributed by atoms with Crippen molar-refractivity contribution in [1.82, 2.24) is 9.80 Å². The Morgan fingerprint density at radius 1 is 1.04 bits per heavy atom. The van der Waals surface area contributed by atoms with Crippen LogP contribution in [-0.4, -0.2) is 48.3 Å². The normalized spacial score (nSPS) is 10.6. The molecule has 6 heteroatoms. The molecule has 0 saturated carbocycles. The smallest absolute Gasteiger partial charge is 0.242 e. The van der Waals surface area contributed by atoms with E-state index in [1.54, 1.807) is 42.3 Å². The average molecular weight is 360 g/mol. The molecule has 0 aliphatic carbocycles. The van der Waals surface area contributed by atoms with E-state index in [0.29, 0.717) is 36.6 Å². The number of benzene rings is 1. The Morgan fingerprint density at radius 3 is 2.38 bits per heavy atom. The van der Waals surface area contributed by atoms with E-state index in [1.807, 2.05) is 13.8 Å². The van der Waals surface area contributed by atoms with E-state index in [9.17, 15) is 14.0 Å². The van der Waals surface area contributed by atoms with Crippen LogP contribution in [0.4, 0.5) is 4.39 Å². The highest BCUT2D eigenvalue weighted by atomic mass is 19.1. The molecule has 0 atom stereocenters. The van der Waals surface area contributed by atoms with E-state index in [1.165, 1.54) is 11.0 Å². The molecule has 2 rings (SSSR count). The number of rotatable bonds is 8. The van der Waals surface area contributed by atoms with Crippen LogP contribution in [-0.2, 0) is 16.0 Å². The van der Waals surface area contributed by atoms with Crippen molar-refractivity contribution in [1.29, 1.82) is 0 Å². The van der Waals surface area contributed by atoms with Crippen molar-refractivity contribution in [3.05, 3.63) is 48.0 Å². The van der Waals surface area contributed by atoms with Crippen molar-refractivity contribution in [2.24, 2.45) is 0 Å². The molecule has 140 valence electrons. The Labute approximate surface area is 153 Å². The van der Waals surface area contributed by atoms with Crippen LogP contribution >= 0.6 is 0 Å². The Kier molecular flexibility index (Phi) is 6.95. The van der Waals surface area contributed by atoms with Gasteiger partial charge in [-0.1, -0.05) is 12.1 Å². The third kappa shape index (κ3) is 4.94. The summed E-state index contributed by atoms with van der Waals surface area (Å²) >= 11 is 0.